The van der Waals surface area contributed by atoms with Crippen molar-refractivity contribution in [1.29, 1.82) is 0 Å². The zero-order valence-electron chi connectivity index (χ0n) is 8.94. The Balaban J connectivity index is 2.85. The predicted molar refractivity (Wildman–Crippen MR) is 68.3 cm³/mol. The first-order valence-corrected chi connectivity index (χ1v) is 6.98. The molecule has 0 aliphatic rings. The molecule has 0 bridgehead atoms. The lowest BCUT2D eigenvalue weighted by atomic mass is 10.2. The summed E-state index contributed by atoms with van der Waals surface area (Å²) < 4.78 is 13.1. The second kappa shape index (κ2) is 5.77. The Bertz CT molecular complexity index is 356. The van der Waals surface area contributed by atoms with E-state index in [1.165, 1.54) is 0 Å². The molecule has 0 radical (unpaired) electrons. The average molecular weight is 290 g/mol. The summed E-state index contributed by atoms with van der Waals surface area (Å²) in [5.41, 5.74) is 5.89. The Hall–Kier alpha value is -0.190. The van der Waals surface area contributed by atoms with Gasteiger partial charge in [-0.05, 0) is 31.5 Å². The lowest BCUT2D eigenvalue weighted by molar-refractivity contribution is 0.610. The van der Waals surface area contributed by atoms with Gasteiger partial charge in [-0.15, -0.1) is 0 Å². The standard InChI is InChI=1S/C11H16BrNOS/c1-3-11(13)8(2)15(14)10-6-4-5-9(12)7-10/h4-8,11H,3,13H2,1-2H3. The molecular weight excluding hydrogens is 274 g/mol. The van der Waals surface area contributed by atoms with E-state index in [2.05, 4.69) is 15.9 Å². The molecule has 0 aliphatic heterocycles. The first kappa shape index (κ1) is 12.9. The van der Waals surface area contributed by atoms with Crippen molar-refractivity contribution >= 4 is 26.7 Å². The van der Waals surface area contributed by atoms with Crippen LogP contribution in [-0.2, 0) is 10.8 Å². The third-order valence-corrected chi connectivity index (χ3v) is 4.68. The van der Waals surface area contributed by atoms with Gasteiger partial charge in [-0.2, -0.15) is 0 Å². The zero-order valence-corrected chi connectivity index (χ0v) is 11.3. The predicted octanol–water partition coefficient (Wildman–Crippen LogP) is 2.68. The minimum Gasteiger partial charge on any atom is -0.327 e. The van der Waals surface area contributed by atoms with Crippen LogP contribution in [0.5, 0.6) is 0 Å². The average Bonchev–Trinajstić information content (AvgIpc) is 2.26. The normalized spacial score (nSPS) is 17.1. The van der Waals surface area contributed by atoms with Crippen molar-refractivity contribution in [3.8, 4) is 0 Å². The maximum Gasteiger partial charge on any atom is 0.0574 e. The van der Waals surface area contributed by atoms with Crippen molar-refractivity contribution in [1.82, 2.24) is 0 Å². The van der Waals surface area contributed by atoms with E-state index in [0.29, 0.717) is 0 Å². The highest BCUT2D eigenvalue weighted by atomic mass is 79.9. The van der Waals surface area contributed by atoms with Crippen LogP contribution in [0.3, 0.4) is 0 Å². The van der Waals surface area contributed by atoms with Crippen molar-refractivity contribution in [3.05, 3.63) is 28.7 Å². The molecule has 0 saturated carbocycles. The van der Waals surface area contributed by atoms with E-state index in [-0.39, 0.29) is 11.3 Å². The molecule has 1 aromatic carbocycles. The number of halogens is 1. The van der Waals surface area contributed by atoms with Crippen LogP contribution in [0.4, 0.5) is 0 Å². The van der Waals surface area contributed by atoms with Gasteiger partial charge in [0.05, 0.1) is 16.0 Å². The molecule has 0 heterocycles. The molecule has 0 aromatic heterocycles. The first-order valence-electron chi connectivity index (χ1n) is 4.98. The van der Waals surface area contributed by atoms with Crippen LogP contribution in [0.15, 0.2) is 33.6 Å². The van der Waals surface area contributed by atoms with E-state index < -0.39 is 10.8 Å². The summed E-state index contributed by atoms with van der Waals surface area (Å²) in [6.45, 7) is 3.95. The van der Waals surface area contributed by atoms with E-state index in [9.17, 15) is 4.21 Å². The monoisotopic (exact) mass is 289 g/mol. The Kier molecular flexibility index (Phi) is 4.96. The van der Waals surface area contributed by atoms with Gasteiger partial charge in [0.2, 0.25) is 0 Å². The Morgan fingerprint density at radius 3 is 2.73 bits per heavy atom. The SMILES string of the molecule is CCC(N)C(C)S(=O)c1cccc(Br)c1. The molecule has 1 aromatic rings. The van der Waals surface area contributed by atoms with Gasteiger partial charge in [0, 0.05) is 15.4 Å². The van der Waals surface area contributed by atoms with Crippen molar-refractivity contribution in [2.45, 2.75) is 36.5 Å². The Morgan fingerprint density at radius 1 is 1.53 bits per heavy atom. The van der Waals surface area contributed by atoms with Gasteiger partial charge < -0.3 is 5.73 Å². The fourth-order valence-corrected chi connectivity index (χ4v) is 3.24. The van der Waals surface area contributed by atoms with E-state index in [0.717, 1.165) is 15.8 Å². The highest BCUT2D eigenvalue weighted by Crippen LogP contribution is 2.18. The highest BCUT2D eigenvalue weighted by Gasteiger charge is 2.19. The summed E-state index contributed by atoms with van der Waals surface area (Å²) in [6, 6.07) is 7.56. The molecule has 15 heavy (non-hydrogen) atoms. The fraction of sp³-hybridized carbons (Fsp3) is 0.455. The smallest absolute Gasteiger partial charge is 0.0574 e. The van der Waals surface area contributed by atoms with Crippen LogP contribution in [0.25, 0.3) is 0 Å². The third kappa shape index (κ3) is 3.40. The molecule has 0 fully saturated rings. The largest absolute Gasteiger partial charge is 0.327 e. The van der Waals surface area contributed by atoms with Crippen molar-refractivity contribution in [3.63, 3.8) is 0 Å². The van der Waals surface area contributed by atoms with Gasteiger partial charge >= 0.3 is 0 Å². The molecule has 3 unspecified atom stereocenters. The zero-order chi connectivity index (χ0) is 11.4. The summed E-state index contributed by atoms with van der Waals surface area (Å²) in [6.07, 6.45) is 0.848. The van der Waals surface area contributed by atoms with Gasteiger partial charge in [0.25, 0.3) is 0 Å². The lowest BCUT2D eigenvalue weighted by Crippen LogP contribution is -2.34. The lowest BCUT2D eigenvalue weighted by Gasteiger charge is -2.17. The van der Waals surface area contributed by atoms with Crippen LogP contribution in [0.2, 0.25) is 0 Å². The summed E-state index contributed by atoms with van der Waals surface area (Å²) in [5.74, 6) is 0. The number of benzene rings is 1. The molecule has 0 amide bonds. The van der Waals surface area contributed by atoms with Crippen LogP contribution in [0.1, 0.15) is 20.3 Å². The quantitative estimate of drug-likeness (QED) is 0.926. The van der Waals surface area contributed by atoms with E-state index >= 15 is 0 Å². The number of nitrogens with two attached hydrogens (primary N) is 1. The molecule has 1 rings (SSSR count). The van der Waals surface area contributed by atoms with Gasteiger partial charge in [-0.3, -0.25) is 4.21 Å². The van der Waals surface area contributed by atoms with Crippen molar-refractivity contribution < 1.29 is 4.21 Å². The molecule has 3 atom stereocenters. The van der Waals surface area contributed by atoms with E-state index in [1.54, 1.807) is 0 Å². The molecule has 0 saturated heterocycles. The van der Waals surface area contributed by atoms with Gasteiger partial charge in [-0.25, -0.2) is 0 Å². The first-order chi connectivity index (χ1) is 7.06. The van der Waals surface area contributed by atoms with Gasteiger partial charge in [0.1, 0.15) is 0 Å². The Morgan fingerprint density at radius 2 is 2.20 bits per heavy atom. The molecule has 2 nitrogen and oxygen atoms in total. The number of hydrogen-bond acceptors (Lipinski definition) is 2. The van der Waals surface area contributed by atoms with Crippen LogP contribution in [0, 0.1) is 0 Å². The maximum atomic E-state index is 12.1. The summed E-state index contributed by atoms with van der Waals surface area (Å²) >= 11 is 3.37. The summed E-state index contributed by atoms with van der Waals surface area (Å²) in [5, 5.41) is -0.00991. The minimum absolute atomic E-state index is 0.00943. The summed E-state index contributed by atoms with van der Waals surface area (Å²) in [7, 11) is -1.02. The Labute approximate surface area is 102 Å². The van der Waals surface area contributed by atoms with Crippen LogP contribution in [-0.4, -0.2) is 15.5 Å². The molecule has 4 heteroatoms. The maximum absolute atomic E-state index is 12.1. The van der Waals surface area contributed by atoms with E-state index in [1.807, 2.05) is 38.1 Å². The van der Waals surface area contributed by atoms with Crippen LogP contribution >= 0.6 is 15.9 Å². The van der Waals surface area contributed by atoms with Crippen LogP contribution < -0.4 is 5.73 Å². The second-order valence-electron chi connectivity index (χ2n) is 3.53. The van der Waals surface area contributed by atoms with Gasteiger partial charge in [0.15, 0.2) is 0 Å². The molecule has 0 aliphatic carbocycles. The van der Waals surface area contributed by atoms with Crippen molar-refractivity contribution in [2.24, 2.45) is 5.73 Å². The molecule has 0 spiro atoms. The molecule has 84 valence electrons. The second-order valence-corrected chi connectivity index (χ2v) is 6.26. The topological polar surface area (TPSA) is 43.1 Å². The number of rotatable bonds is 4. The summed E-state index contributed by atoms with van der Waals surface area (Å²) in [4.78, 5) is 0.834. The van der Waals surface area contributed by atoms with E-state index in [4.69, 9.17) is 5.73 Å². The molecular formula is C11H16BrNOS. The minimum atomic E-state index is -1.02. The number of hydrogen-bond donors (Lipinski definition) is 1. The third-order valence-electron chi connectivity index (χ3n) is 2.44. The highest BCUT2D eigenvalue weighted by molar-refractivity contribution is 9.10. The van der Waals surface area contributed by atoms with Gasteiger partial charge in [-0.1, -0.05) is 28.9 Å². The van der Waals surface area contributed by atoms with Crippen molar-refractivity contribution in [2.75, 3.05) is 0 Å². The fourth-order valence-electron chi connectivity index (χ4n) is 1.30. The molecule has 2 N–H and O–H groups in total.